The summed E-state index contributed by atoms with van der Waals surface area (Å²) in [5.74, 6) is 1.74. The molecule has 11 heteroatoms. The largest absolute Gasteiger partial charge is 0.444 e. The first kappa shape index (κ1) is 29.1. The fraction of sp³-hybridized carbons (Fsp3) is 0.406. The van der Waals surface area contributed by atoms with Gasteiger partial charge in [-0.1, -0.05) is 29.8 Å². The summed E-state index contributed by atoms with van der Waals surface area (Å²) in [7, 11) is 1.71. The molecule has 43 heavy (non-hydrogen) atoms. The molecule has 224 valence electrons. The summed E-state index contributed by atoms with van der Waals surface area (Å²) in [5.41, 5.74) is 5.10. The highest BCUT2D eigenvalue weighted by molar-refractivity contribution is 6.30. The van der Waals surface area contributed by atoms with E-state index in [0.717, 1.165) is 58.1 Å². The number of aryl methyl sites for hydroxylation is 1. The number of aliphatic imine (C=N–C) groups is 1. The molecule has 0 atom stereocenters. The molecule has 1 spiro atoms. The van der Waals surface area contributed by atoms with E-state index in [0.29, 0.717) is 31.3 Å². The van der Waals surface area contributed by atoms with Crippen LogP contribution in [0.4, 0.5) is 4.79 Å². The number of amides is 1. The third-order valence-electron chi connectivity index (χ3n) is 7.61. The predicted molar refractivity (Wildman–Crippen MR) is 165 cm³/mol. The lowest BCUT2D eigenvalue weighted by molar-refractivity contribution is 0.0227. The number of likely N-dealkylation sites (N-methyl/N-ethyl adjacent to an activating group) is 1. The van der Waals surface area contributed by atoms with Gasteiger partial charge >= 0.3 is 6.09 Å². The Morgan fingerprint density at radius 3 is 2.51 bits per heavy atom. The van der Waals surface area contributed by atoms with E-state index < -0.39 is 5.60 Å². The van der Waals surface area contributed by atoms with Crippen molar-refractivity contribution in [2.24, 2.45) is 4.99 Å². The molecule has 0 radical (unpaired) electrons. The molecule has 10 nitrogen and oxygen atoms in total. The number of benzene rings is 2. The second-order valence-corrected chi connectivity index (χ2v) is 12.6. The van der Waals surface area contributed by atoms with Gasteiger partial charge in [-0.3, -0.25) is 14.2 Å². The van der Waals surface area contributed by atoms with Crippen LogP contribution in [0.1, 0.15) is 56.4 Å². The zero-order valence-electron chi connectivity index (χ0n) is 25.2. The molecule has 3 heterocycles. The molecule has 0 bridgehead atoms. The molecule has 1 aliphatic heterocycles. The Balaban J connectivity index is 1.20. The third kappa shape index (κ3) is 6.07. The van der Waals surface area contributed by atoms with Crippen LogP contribution in [0, 0.1) is 6.92 Å². The van der Waals surface area contributed by atoms with Crippen LogP contribution in [0.25, 0.3) is 16.8 Å². The lowest BCUT2D eigenvalue weighted by Gasteiger charge is -2.24. The fourth-order valence-electron chi connectivity index (χ4n) is 5.19. The second kappa shape index (κ2) is 11.2. The number of carbonyl (C=O) groups is 1. The molecule has 2 aromatic heterocycles. The zero-order chi connectivity index (χ0) is 30.4. The minimum atomic E-state index is -0.524. The number of ether oxygens (including phenoxy) is 2. The molecule has 1 amide bonds. The molecule has 0 unspecified atom stereocenters. The van der Waals surface area contributed by atoms with Crippen molar-refractivity contribution in [1.82, 2.24) is 29.4 Å². The van der Waals surface area contributed by atoms with Crippen molar-refractivity contribution in [1.29, 1.82) is 0 Å². The highest BCUT2D eigenvalue weighted by Crippen LogP contribution is 2.51. The molecule has 6 rings (SSSR count). The van der Waals surface area contributed by atoms with E-state index in [-0.39, 0.29) is 11.6 Å². The lowest BCUT2D eigenvalue weighted by atomic mass is 9.96. The molecular weight excluding hydrogens is 566 g/mol. The minimum Gasteiger partial charge on any atom is -0.444 e. The van der Waals surface area contributed by atoms with Gasteiger partial charge in [0.25, 0.3) is 0 Å². The van der Waals surface area contributed by atoms with Crippen LogP contribution in [-0.4, -0.2) is 73.7 Å². The number of nitrogens with zero attached hydrogens (tertiary/aromatic N) is 7. The topological polar surface area (TPSA) is 99.7 Å². The average molecular weight is 602 g/mol. The summed E-state index contributed by atoms with van der Waals surface area (Å²) < 4.78 is 15.2. The smallest absolute Gasteiger partial charge is 0.410 e. The zero-order valence-corrected chi connectivity index (χ0v) is 25.9. The molecule has 0 N–H and O–H groups in total. The van der Waals surface area contributed by atoms with Crippen LogP contribution in [-0.2, 0) is 21.6 Å². The normalized spacial score (nSPS) is 15.0. The summed E-state index contributed by atoms with van der Waals surface area (Å²) in [5, 5.41) is 14.2. The van der Waals surface area contributed by atoms with Gasteiger partial charge in [-0.2, -0.15) is 5.10 Å². The Morgan fingerprint density at radius 2 is 1.79 bits per heavy atom. The molecular formula is C32H36ClN7O3. The van der Waals surface area contributed by atoms with Crippen LogP contribution >= 0.6 is 11.6 Å². The molecule has 1 fully saturated rings. The Kier molecular flexibility index (Phi) is 7.60. The fourth-order valence-corrected chi connectivity index (χ4v) is 5.31. The summed E-state index contributed by atoms with van der Waals surface area (Å²) in [6.45, 7) is 9.45. The number of hydrogen-bond acceptors (Lipinski definition) is 7. The monoisotopic (exact) mass is 601 g/mol. The van der Waals surface area contributed by atoms with E-state index in [9.17, 15) is 4.79 Å². The third-order valence-corrected chi connectivity index (χ3v) is 7.86. The SMILES string of the molecule is Cc1nnc2n1-c1ccc(-c3cnn(CCOCCN(C)C(=O)OC(C)(C)C)c3)cc1C(c1ccc(Cl)cc1)=NC21CC1. The van der Waals surface area contributed by atoms with Gasteiger partial charge in [-0.15, -0.1) is 10.2 Å². The number of halogens is 1. The first-order chi connectivity index (χ1) is 20.5. The van der Waals surface area contributed by atoms with Gasteiger partial charge in [-0.05, 0) is 70.4 Å². The van der Waals surface area contributed by atoms with E-state index in [4.69, 9.17) is 26.1 Å². The highest BCUT2D eigenvalue weighted by atomic mass is 35.5. The number of hydrogen-bond donors (Lipinski definition) is 0. The first-order valence-corrected chi connectivity index (χ1v) is 14.9. The standard InChI is InChI=1S/C32H36ClN7O3/c1-21-36-37-29-32(12-13-32)35-28(22-6-9-25(33)10-7-22)26-18-23(8-11-27(26)40(21)29)24-19-34-39(20-24)15-17-42-16-14-38(5)30(41)43-31(2,3)4/h6-11,18-20H,12-17H2,1-5H3. The second-order valence-electron chi connectivity index (χ2n) is 12.1. The number of aromatic nitrogens is 5. The van der Waals surface area contributed by atoms with E-state index in [1.807, 2.05) is 69.0 Å². The van der Waals surface area contributed by atoms with E-state index in [2.05, 4.69) is 38.1 Å². The quantitative estimate of drug-likeness (QED) is 0.236. The minimum absolute atomic E-state index is 0.359. The number of carbonyl (C=O) groups excluding carboxylic acids is 1. The number of rotatable bonds is 8. The van der Waals surface area contributed by atoms with Gasteiger partial charge in [0, 0.05) is 41.5 Å². The Hall–Kier alpha value is -4.02. The summed E-state index contributed by atoms with van der Waals surface area (Å²) in [6, 6.07) is 14.3. The molecule has 2 aromatic carbocycles. The Bertz CT molecular complexity index is 1680. The van der Waals surface area contributed by atoms with Crippen LogP contribution in [0.5, 0.6) is 0 Å². The van der Waals surface area contributed by atoms with Crippen molar-refractivity contribution >= 4 is 23.4 Å². The maximum atomic E-state index is 12.1. The van der Waals surface area contributed by atoms with Gasteiger partial charge in [0.05, 0.1) is 37.4 Å². The van der Waals surface area contributed by atoms with E-state index in [1.165, 1.54) is 4.90 Å². The summed E-state index contributed by atoms with van der Waals surface area (Å²) in [4.78, 5) is 19.0. The Morgan fingerprint density at radius 1 is 1.05 bits per heavy atom. The van der Waals surface area contributed by atoms with Crippen LogP contribution in [0.15, 0.2) is 59.9 Å². The lowest BCUT2D eigenvalue weighted by Crippen LogP contribution is -2.36. The van der Waals surface area contributed by atoms with Gasteiger partial charge in [0.2, 0.25) is 0 Å². The van der Waals surface area contributed by atoms with Gasteiger partial charge in [0.15, 0.2) is 5.82 Å². The maximum absolute atomic E-state index is 12.1. The van der Waals surface area contributed by atoms with Crippen LogP contribution in [0.2, 0.25) is 5.02 Å². The van der Waals surface area contributed by atoms with Crippen molar-refractivity contribution in [3.63, 3.8) is 0 Å². The molecule has 4 aromatic rings. The average Bonchev–Trinajstić information content (AvgIpc) is 3.44. The predicted octanol–water partition coefficient (Wildman–Crippen LogP) is 5.82. The maximum Gasteiger partial charge on any atom is 0.410 e. The summed E-state index contributed by atoms with van der Waals surface area (Å²) in [6.07, 6.45) is 5.41. The van der Waals surface area contributed by atoms with E-state index >= 15 is 0 Å². The van der Waals surface area contributed by atoms with Gasteiger partial charge in [-0.25, -0.2) is 4.79 Å². The van der Waals surface area contributed by atoms with Crippen molar-refractivity contribution in [2.75, 3.05) is 26.8 Å². The molecule has 2 aliphatic rings. The van der Waals surface area contributed by atoms with Crippen molar-refractivity contribution in [2.45, 2.75) is 58.2 Å². The van der Waals surface area contributed by atoms with Crippen LogP contribution in [0.3, 0.4) is 0 Å². The summed E-state index contributed by atoms with van der Waals surface area (Å²) >= 11 is 6.24. The van der Waals surface area contributed by atoms with Gasteiger partial charge < -0.3 is 14.4 Å². The van der Waals surface area contributed by atoms with Crippen molar-refractivity contribution in [3.05, 3.63) is 82.7 Å². The van der Waals surface area contributed by atoms with Crippen molar-refractivity contribution in [3.8, 4) is 16.8 Å². The van der Waals surface area contributed by atoms with E-state index in [1.54, 1.807) is 7.05 Å². The number of fused-ring (bicyclic) bond motifs is 4. The Labute approximate surface area is 256 Å². The first-order valence-electron chi connectivity index (χ1n) is 14.5. The van der Waals surface area contributed by atoms with Gasteiger partial charge in [0.1, 0.15) is 17.0 Å². The molecule has 1 saturated carbocycles. The van der Waals surface area contributed by atoms with Crippen LogP contribution < -0.4 is 0 Å². The van der Waals surface area contributed by atoms with Crippen molar-refractivity contribution < 1.29 is 14.3 Å². The molecule has 0 saturated heterocycles. The highest BCUT2D eigenvalue weighted by Gasteiger charge is 2.51. The molecule has 1 aliphatic carbocycles.